The lowest BCUT2D eigenvalue weighted by atomic mass is 10.2. The first-order valence-electron chi connectivity index (χ1n) is 6.57. The molecule has 0 heterocycles. The van der Waals surface area contributed by atoms with Crippen LogP contribution in [0.4, 0.5) is 0 Å². The Morgan fingerprint density at radius 3 is 2.41 bits per heavy atom. The van der Waals surface area contributed by atoms with Crippen molar-refractivity contribution >= 4 is 17.7 Å². The van der Waals surface area contributed by atoms with E-state index in [1.54, 1.807) is 0 Å². The Balaban J connectivity index is 3.74. The molecule has 0 saturated carbocycles. The van der Waals surface area contributed by atoms with Crippen molar-refractivity contribution in [2.24, 2.45) is 0 Å². The quantitative estimate of drug-likeness (QED) is 0.669. The van der Waals surface area contributed by atoms with Gasteiger partial charge in [-0.1, -0.05) is 20.3 Å². The summed E-state index contributed by atoms with van der Waals surface area (Å²) < 4.78 is 0. The maximum atomic E-state index is 11.8. The summed E-state index contributed by atoms with van der Waals surface area (Å²) in [5.41, 5.74) is 0. The first-order chi connectivity index (χ1) is 8.01. The van der Waals surface area contributed by atoms with Crippen molar-refractivity contribution in [2.75, 3.05) is 12.8 Å². The minimum absolute atomic E-state index is 0.0941. The van der Waals surface area contributed by atoms with Gasteiger partial charge in [0.05, 0.1) is 6.04 Å². The van der Waals surface area contributed by atoms with Gasteiger partial charge in [0, 0.05) is 11.3 Å². The molecule has 0 fully saturated rings. The third kappa shape index (κ3) is 8.50. The van der Waals surface area contributed by atoms with Crippen LogP contribution in [0.5, 0.6) is 0 Å². The fourth-order valence-electron chi connectivity index (χ4n) is 1.59. The van der Waals surface area contributed by atoms with Crippen molar-refractivity contribution in [1.29, 1.82) is 0 Å². The van der Waals surface area contributed by atoms with Crippen molar-refractivity contribution in [1.82, 2.24) is 10.6 Å². The summed E-state index contributed by atoms with van der Waals surface area (Å²) in [6, 6.07) is 0.185. The molecule has 0 aliphatic rings. The highest BCUT2D eigenvalue weighted by Gasteiger charge is 2.14. The Morgan fingerprint density at radius 2 is 1.88 bits per heavy atom. The van der Waals surface area contributed by atoms with Crippen LogP contribution in [-0.2, 0) is 4.79 Å². The summed E-state index contributed by atoms with van der Waals surface area (Å²) in [5, 5.41) is 6.95. The number of carbonyl (C=O) groups excluding carboxylic acids is 1. The number of rotatable bonds is 9. The van der Waals surface area contributed by atoms with Crippen LogP contribution in [0.15, 0.2) is 0 Å². The van der Waals surface area contributed by atoms with Crippen LogP contribution in [0.1, 0.15) is 47.0 Å². The monoisotopic (exact) mass is 260 g/mol. The van der Waals surface area contributed by atoms with Crippen LogP contribution in [0.2, 0.25) is 0 Å². The molecule has 1 amide bonds. The van der Waals surface area contributed by atoms with Gasteiger partial charge in [-0.15, -0.1) is 0 Å². The molecule has 0 aromatic heterocycles. The SMILES string of the molecule is CCCC(C)NC(=O)C(C)NCCC(C)SC. The van der Waals surface area contributed by atoms with Crippen LogP contribution in [-0.4, -0.2) is 36.0 Å². The molecule has 0 rings (SSSR count). The normalized spacial score (nSPS) is 16.3. The van der Waals surface area contributed by atoms with Gasteiger partial charge in [0.2, 0.25) is 5.91 Å². The molecule has 3 atom stereocenters. The molecule has 0 aliphatic heterocycles. The summed E-state index contributed by atoms with van der Waals surface area (Å²) in [6.45, 7) is 9.23. The van der Waals surface area contributed by atoms with E-state index in [-0.39, 0.29) is 18.0 Å². The second-order valence-electron chi connectivity index (χ2n) is 4.71. The summed E-state index contributed by atoms with van der Waals surface area (Å²) >= 11 is 1.86. The zero-order valence-corrected chi connectivity index (χ0v) is 12.7. The van der Waals surface area contributed by atoms with Crippen molar-refractivity contribution in [3.05, 3.63) is 0 Å². The highest BCUT2D eigenvalue weighted by atomic mass is 32.2. The van der Waals surface area contributed by atoms with Crippen molar-refractivity contribution in [3.63, 3.8) is 0 Å². The van der Waals surface area contributed by atoms with Crippen molar-refractivity contribution < 1.29 is 4.79 Å². The molecule has 2 N–H and O–H groups in total. The molecular formula is C13H28N2OS. The van der Waals surface area contributed by atoms with Gasteiger partial charge < -0.3 is 10.6 Å². The maximum Gasteiger partial charge on any atom is 0.237 e. The average Bonchev–Trinajstić information content (AvgIpc) is 2.28. The third-order valence-corrected chi connectivity index (χ3v) is 3.95. The van der Waals surface area contributed by atoms with Crippen LogP contribution in [0.3, 0.4) is 0 Å². The van der Waals surface area contributed by atoms with E-state index in [4.69, 9.17) is 0 Å². The van der Waals surface area contributed by atoms with E-state index in [0.717, 1.165) is 25.8 Å². The number of hydrogen-bond acceptors (Lipinski definition) is 3. The Morgan fingerprint density at radius 1 is 1.24 bits per heavy atom. The standard InChI is InChI=1S/C13H28N2OS/c1-6-7-10(2)15-13(16)12(4)14-9-8-11(3)17-5/h10-12,14H,6-9H2,1-5H3,(H,15,16). The minimum Gasteiger partial charge on any atom is -0.352 e. The third-order valence-electron chi connectivity index (χ3n) is 2.91. The second-order valence-corrected chi connectivity index (χ2v) is 5.99. The topological polar surface area (TPSA) is 41.1 Å². The van der Waals surface area contributed by atoms with Gasteiger partial charge in [0.1, 0.15) is 0 Å². The molecule has 0 aromatic rings. The van der Waals surface area contributed by atoms with E-state index in [0.29, 0.717) is 5.25 Å². The van der Waals surface area contributed by atoms with Gasteiger partial charge in [0.15, 0.2) is 0 Å². The van der Waals surface area contributed by atoms with Crippen LogP contribution >= 0.6 is 11.8 Å². The van der Waals surface area contributed by atoms with Gasteiger partial charge >= 0.3 is 0 Å². The molecule has 0 aliphatic carbocycles. The first-order valence-corrected chi connectivity index (χ1v) is 7.86. The van der Waals surface area contributed by atoms with E-state index in [2.05, 4.69) is 37.7 Å². The van der Waals surface area contributed by atoms with E-state index in [1.165, 1.54) is 0 Å². The first kappa shape index (κ1) is 16.8. The number of nitrogens with one attached hydrogen (secondary N) is 2. The predicted octanol–water partition coefficient (Wildman–Crippen LogP) is 2.41. The molecule has 3 nitrogen and oxygen atoms in total. The van der Waals surface area contributed by atoms with E-state index < -0.39 is 0 Å². The Bertz CT molecular complexity index is 212. The van der Waals surface area contributed by atoms with Gasteiger partial charge in [-0.2, -0.15) is 11.8 Å². The number of carbonyl (C=O) groups is 1. The fraction of sp³-hybridized carbons (Fsp3) is 0.923. The van der Waals surface area contributed by atoms with E-state index >= 15 is 0 Å². The molecule has 0 spiro atoms. The zero-order valence-electron chi connectivity index (χ0n) is 11.9. The van der Waals surface area contributed by atoms with Crippen LogP contribution < -0.4 is 10.6 Å². The maximum absolute atomic E-state index is 11.8. The van der Waals surface area contributed by atoms with Gasteiger partial charge in [-0.25, -0.2) is 0 Å². The molecule has 102 valence electrons. The highest BCUT2D eigenvalue weighted by Crippen LogP contribution is 2.08. The average molecular weight is 260 g/mol. The lowest BCUT2D eigenvalue weighted by molar-refractivity contribution is -0.123. The summed E-state index contributed by atoms with van der Waals surface area (Å²) in [7, 11) is 0. The molecule has 3 unspecified atom stereocenters. The smallest absolute Gasteiger partial charge is 0.237 e. The lowest BCUT2D eigenvalue weighted by Gasteiger charge is -2.18. The zero-order chi connectivity index (χ0) is 13.3. The lowest BCUT2D eigenvalue weighted by Crippen LogP contribution is -2.45. The molecule has 17 heavy (non-hydrogen) atoms. The number of thioether (sulfide) groups is 1. The van der Waals surface area contributed by atoms with Crippen LogP contribution in [0, 0.1) is 0 Å². The number of hydrogen-bond donors (Lipinski definition) is 2. The largest absolute Gasteiger partial charge is 0.352 e. The highest BCUT2D eigenvalue weighted by molar-refractivity contribution is 7.99. The molecular weight excluding hydrogens is 232 g/mol. The summed E-state index contributed by atoms with van der Waals surface area (Å²) in [4.78, 5) is 11.8. The molecule has 0 aromatic carbocycles. The Labute approximate surface area is 111 Å². The predicted molar refractivity (Wildman–Crippen MR) is 77.6 cm³/mol. The van der Waals surface area contributed by atoms with Gasteiger partial charge in [-0.05, 0) is 39.5 Å². The molecule has 0 radical (unpaired) electrons. The van der Waals surface area contributed by atoms with Gasteiger partial charge in [-0.3, -0.25) is 4.79 Å². The van der Waals surface area contributed by atoms with Crippen LogP contribution in [0.25, 0.3) is 0 Å². The molecule has 0 saturated heterocycles. The molecule has 4 heteroatoms. The van der Waals surface area contributed by atoms with E-state index in [9.17, 15) is 4.79 Å². The van der Waals surface area contributed by atoms with Crippen molar-refractivity contribution in [2.45, 2.75) is 64.3 Å². The fourth-order valence-corrected chi connectivity index (χ4v) is 1.94. The minimum atomic E-state index is -0.0941. The Hall–Kier alpha value is -0.220. The van der Waals surface area contributed by atoms with E-state index in [1.807, 2.05) is 18.7 Å². The van der Waals surface area contributed by atoms with Crippen molar-refractivity contribution in [3.8, 4) is 0 Å². The summed E-state index contributed by atoms with van der Waals surface area (Å²) in [5.74, 6) is 0.114. The van der Waals surface area contributed by atoms with Gasteiger partial charge in [0.25, 0.3) is 0 Å². The number of amides is 1. The second kappa shape index (κ2) is 9.77. The summed E-state index contributed by atoms with van der Waals surface area (Å²) in [6.07, 6.45) is 5.37. The molecule has 0 bridgehead atoms. The Kier molecular flexibility index (Phi) is 9.65.